The fourth-order valence-corrected chi connectivity index (χ4v) is 2.44. The molecule has 1 aliphatic heterocycles. The van der Waals surface area contributed by atoms with Crippen LogP contribution < -0.4 is 5.32 Å². The normalized spacial score (nSPS) is 20.9. The molecule has 0 radical (unpaired) electrons. The molecule has 1 N–H and O–H groups in total. The van der Waals surface area contributed by atoms with Gasteiger partial charge in [-0.2, -0.15) is 5.26 Å². The Balaban J connectivity index is 1.90. The first-order valence-corrected chi connectivity index (χ1v) is 7.02. The highest BCUT2D eigenvalue weighted by atomic mass is 16.5. The third-order valence-electron chi connectivity index (χ3n) is 3.80. The highest BCUT2D eigenvalue weighted by Crippen LogP contribution is 2.17. The second-order valence-corrected chi connectivity index (χ2v) is 5.29. The smallest absolute Gasteiger partial charge is 0.237 e. The van der Waals surface area contributed by atoms with E-state index in [-0.39, 0.29) is 11.9 Å². The maximum Gasteiger partial charge on any atom is 0.237 e. The summed E-state index contributed by atoms with van der Waals surface area (Å²) in [6.07, 6.45) is 1.43. The van der Waals surface area contributed by atoms with E-state index in [1.807, 2.05) is 37.3 Å². The van der Waals surface area contributed by atoms with Gasteiger partial charge in [-0.3, -0.25) is 4.79 Å². The number of hydrogen-bond acceptors (Lipinski definition) is 3. The second-order valence-electron chi connectivity index (χ2n) is 5.29. The zero-order valence-corrected chi connectivity index (χ0v) is 11.7. The summed E-state index contributed by atoms with van der Waals surface area (Å²) >= 11 is 0. The van der Waals surface area contributed by atoms with Crippen molar-refractivity contribution in [3.05, 3.63) is 35.9 Å². The van der Waals surface area contributed by atoms with Gasteiger partial charge in [0.1, 0.15) is 5.92 Å². The van der Waals surface area contributed by atoms with Crippen LogP contribution in [0.25, 0.3) is 0 Å². The number of nitrogens with one attached hydrogen (secondary N) is 1. The third kappa shape index (κ3) is 3.82. The van der Waals surface area contributed by atoms with Gasteiger partial charge in [0.25, 0.3) is 0 Å². The van der Waals surface area contributed by atoms with Crippen molar-refractivity contribution in [3.8, 4) is 6.07 Å². The van der Waals surface area contributed by atoms with E-state index in [4.69, 9.17) is 4.74 Å². The van der Waals surface area contributed by atoms with Crippen LogP contribution in [0.3, 0.4) is 0 Å². The molecule has 1 heterocycles. The maximum absolute atomic E-state index is 12.2. The molecule has 0 spiro atoms. The van der Waals surface area contributed by atoms with Gasteiger partial charge in [0, 0.05) is 18.6 Å². The first-order valence-electron chi connectivity index (χ1n) is 7.02. The largest absolute Gasteiger partial charge is 0.381 e. The summed E-state index contributed by atoms with van der Waals surface area (Å²) in [6.45, 7) is 3.43. The molecule has 1 fully saturated rings. The van der Waals surface area contributed by atoms with Crippen LogP contribution in [0.15, 0.2) is 30.3 Å². The van der Waals surface area contributed by atoms with Crippen LogP contribution in [0.2, 0.25) is 0 Å². The molecule has 2 rings (SSSR count). The van der Waals surface area contributed by atoms with Gasteiger partial charge in [-0.25, -0.2) is 0 Å². The molecule has 0 aromatic heterocycles. The zero-order valence-electron chi connectivity index (χ0n) is 11.7. The monoisotopic (exact) mass is 272 g/mol. The Morgan fingerprint density at radius 3 is 2.85 bits per heavy atom. The lowest BCUT2D eigenvalue weighted by molar-refractivity contribution is -0.124. The molecule has 4 nitrogen and oxygen atoms in total. The van der Waals surface area contributed by atoms with Crippen LogP contribution in [0.4, 0.5) is 0 Å². The number of amides is 1. The lowest BCUT2D eigenvalue weighted by Gasteiger charge is -2.20. The fourth-order valence-electron chi connectivity index (χ4n) is 2.44. The van der Waals surface area contributed by atoms with Gasteiger partial charge in [0.2, 0.25) is 5.91 Å². The van der Waals surface area contributed by atoms with Gasteiger partial charge < -0.3 is 10.1 Å². The Hall–Kier alpha value is -1.86. The Morgan fingerprint density at radius 2 is 2.25 bits per heavy atom. The summed E-state index contributed by atoms with van der Waals surface area (Å²) in [5.41, 5.74) is 1.01. The van der Waals surface area contributed by atoms with Crippen LogP contribution in [0.1, 0.15) is 18.9 Å². The van der Waals surface area contributed by atoms with Crippen molar-refractivity contribution in [1.29, 1.82) is 5.26 Å². The average Bonchev–Trinajstić information content (AvgIpc) is 3.00. The number of ether oxygens (including phenoxy) is 1. The molecule has 3 unspecified atom stereocenters. The summed E-state index contributed by atoms with van der Waals surface area (Å²) in [6, 6.07) is 11.8. The molecule has 0 aliphatic carbocycles. The van der Waals surface area contributed by atoms with E-state index in [0.717, 1.165) is 18.6 Å². The van der Waals surface area contributed by atoms with Crippen molar-refractivity contribution >= 4 is 5.91 Å². The highest BCUT2D eigenvalue weighted by Gasteiger charge is 2.26. The van der Waals surface area contributed by atoms with E-state index in [0.29, 0.717) is 18.9 Å². The molecule has 1 aromatic rings. The van der Waals surface area contributed by atoms with Crippen molar-refractivity contribution in [2.24, 2.45) is 11.8 Å². The first kappa shape index (κ1) is 14.5. The first-order chi connectivity index (χ1) is 9.70. The molecule has 1 amide bonds. The molecular weight excluding hydrogens is 252 g/mol. The van der Waals surface area contributed by atoms with Crippen LogP contribution >= 0.6 is 0 Å². The maximum atomic E-state index is 12.2. The Kier molecular flexibility index (Phi) is 5.14. The van der Waals surface area contributed by atoms with Gasteiger partial charge in [0.15, 0.2) is 0 Å². The minimum Gasteiger partial charge on any atom is -0.381 e. The summed E-state index contributed by atoms with van der Waals surface area (Å²) in [5, 5.41) is 12.2. The molecule has 1 aliphatic rings. The van der Waals surface area contributed by atoms with Gasteiger partial charge in [-0.1, -0.05) is 30.3 Å². The minimum absolute atomic E-state index is 0.0524. The van der Waals surface area contributed by atoms with Crippen molar-refractivity contribution in [3.63, 3.8) is 0 Å². The number of carbonyl (C=O) groups is 1. The molecule has 20 heavy (non-hydrogen) atoms. The van der Waals surface area contributed by atoms with E-state index in [2.05, 4.69) is 11.4 Å². The Morgan fingerprint density at radius 1 is 1.50 bits per heavy atom. The lowest BCUT2D eigenvalue weighted by atomic mass is 9.97. The summed E-state index contributed by atoms with van der Waals surface area (Å²) in [7, 11) is 0. The number of rotatable bonds is 5. The molecule has 1 saturated heterocycles. The van der Waals surface area contributed by atoms with Crippen LogP contribution in [0.5, 0.6) is 0 Å². The molecular formula is C16H20N2O2. The van der Waals surface area contributed by atoms with E-state index in [9.17, 15) is 10.1 Å². The summed E-state index contributed by atoms with van der Waals surface area (Å²) in [5.74, 6) is -0.465. The van der Waals surface area contributed by atoms with Crippen molar-refractivity contribution in [2.75, 3.05) is 13.2 Å². The quantitative estimate of drug-likeness (QED) is 0.890. The Bertz CT molecular complexity index is 475. The third-order valence-corrected chi connectivity index (χ3v) is 3.80. The van der Waals surface area contributed by atoms with Gasteiger partial charge in [-0.05, 0) is 25.3 Å². The van der Waals surface area contributed by atoms with Gasteiger partial charge in [0.05, 0.1) is 12.7 Å². The summed E-state index contributed by atoms with van der Waals surface area (Å²) in [4.78, 5) is 12.2. The number of nitriles is 1. The summed E-state index contributed by atoms with van der Waals surface area (Å²) < 4.78 is 5.33. The van der Waals surface area contributed by atoms with Gasteiger partial charge >= 0.3 is 0 Å². The molecule has 3 atom stereocenters. The van der Waals surface area contributed by atoms with Crippen LogP contribution in [0, 0.1) is 23.2 Å². The molecule has 1 aromatic carbocycles. The number of carbonyl (C=O) groups excluding carboxylic acids is 1. The van der Waals surface area contributed by atoms with Crippen LogP contribution in [-0.4, -0.2) is 25.2 Å². The van der Waals surface area contributed by atoms with Crippen molar-refractivity contribution in [1.82, 2.24) is 5.32 Å². The Labute approximate surface area is 119 Å². The number of nitrogens with zero attached hydrogens (tertiary/aromatic N) is 1. The lowest BCUT2D eigenvalue weighted by Crippen LogP contribution is -2.41. The standard InChI is InChI=1S/C16H20N2O2/c1-12(14-7-8-20-11-14)18-16(19)15(10-17)9-13-5-3-2-4-6-13/h2-6,12,14-15H,7-9,11H2,1H3,(H,18,19). The second kappa shape index (κ2) is 7.06. The molecule has 0 bridgehead atoms. The van der Waals surface area contributed by atoms with Crippen molar-refractivity contribution < 1.29 is 9.53 Å². The molecule has 4 heteroatoms. The minimum atomic E-state index is -0.637. The van der Waals surface area contributed by atoms with Crippen molar-refractivity contribution in [2.45, 2.75) is 25.8 Å². The van der Waals surface area contributed by atoms with E-state index in [1.54, 1.807) is 0 Å². The van der Waals surface area contributed by atoms with Gasteiger partial charge in [-0.15, -0.1) is 0 Å². The van der Waals surface area contributed by atoms with E-state index >= 15 is 0 Å². The topological polar surface area (TPSA) is 62.1 Å². The molecule has 106 valence electrons. The van der Waals surface area contributed by atoms with Crippen LogP contribution in [-0.2, 0) is 16.0 Å². The average molecular weight is 272 g/mol. The predicted octanol–water partition coefficient (Wildman–Crippen LogP) is 1.91. The number of hydrogen-bond donors (Lipinski definition) is 1. The SMILES string of the molecule is CC(NC(=O)C(C#N)Cc1ccccc1)C1CCOC1. The number of benzene rings is 1. The zero-order chi connectivity index (χ0) is 14.4. The highest BCUT2D eigenvalue weighted by molar-refractivity contribution is 5.81. The fraction of sp³-hybridized carbons (Fsp3) is 0.500. The molecule has 0 saturated carbocycles. The predicted molar refractivity (Wildman–Crippen MR) is 75.8 cm³/mol. The van der Waals surface area contributed by atoms with E-state index < -0.39 is 5.92 Å². The van der Waals surface area contributed by atoms with E-state index in [1.165, 1.54) is 0 Å².